The van der Waals surface area contributed by atoms with E-state index in [4.69, 9.17) is 4.98 Å². The van der Waals surface area contributed by atoms with Crippen molar-refractivity contribution < 1.29 is 9.18 Å². The van der Waals surface area contributed by atoms with E-state index < -0.39 is 5.83 Å². The van der Waals surface area contributed by atoms with Gasteiger partial charge in [0.25, 0.3) is 0 Å². The molecular weight excluding hydrogens is 648 g/mol. The van der Waals surface area contributed by atoms with Crippen LogP contribution in [0.2, 0.25) is 0 Å². The zero-order valence-corrected chi connectivity index (χ0v) is 34.1. The molecule has 0 radical (unpaired) electrons. The number of aromatic nitrogens is 2. The maximum atomic E-state index is 12.7. The van der Waals surface area contributed by atoms with Gasteiger partial charge in [0.15, 0.2) is 0 Å². The fourth-order valence-corrected chi connectivity index (χ4v) is 5.42. The number of nitrogens with one attached hydrogen (secondary N) is 2. The number of anilines is 1. The number of carbonyl (C=O) groups excluding carboxylic acids is 1. The quantitative estimate of drug-likeness (QED) is 0.137. The molecule has 4 heterocycles. The number of hydrogen-bond acceptors (Lipinski definition) is 6. The van der Waals surface area contributed by atoms with Crippen LogP contribution in [0.15, 0.2) is 98.3 Å². The summed E-state index contributed by atoms with van der Waals surface area (Å²) in [5, 5.41) is 6.77. The van der Waals surface area contributed by atoms with Gasteiger partial charge in [-0.2, -0.15) is 0 Å². The van der Waals surface area contributed by atoms with Crippen LogP contribution in [0.3, 0.4) is 0 Å². The molecule has 0 saturated carbocycles. The highest BCUT2D eigenvalue weighted by Gasteiger charge is 2.23. The van der Waals surface area contributed by atoms with Gasteiger partial charge in [-0.3, -0.25) is 14.7 Å². The van der Waals surface area contributed by atoms with E-state index in [0.717, 1.165) is 68.9 Å². The molecule has 52 heavy (non-hydrogen) atoms. The van der Waals surface area contributed by atoms with Gasteiger partial charge in [-0.25, -0.2) is 9.37 Å². The topological polar surface area (TPSA) is 73.4 Å². The van der Waals surface area contributed by atoms with E-state index in [9.17, 15) is 9.18 Å². The van der Waals surface area contributed by atoms with Gasteiger partial charge >= 0.3 is 0 Å². The first-order chi connectivity index (χ1) is 25.0. The molecule has 2 atom stereocenters. The van der Waals surface area contributed by atoms with E-state index in [1.165, 1.54) is 30.9 Å². The Balaban J connectivity index is 0.00000128. The number of piperidine rings is 1. The van der Waals surface area contributed by atoms with Crippen LogP contribution in [-0.2, 0) is 11.3 Å². The van der Waals surface area contributed by atoms with Crippen LogP contribution in [0, 0.1) is 0 Å². The third kappa shape index (κ3) is 21.5. The van der Waals surface area contributed by atoms with Crippen molar-refractivity contribution in [2.75, 3.05) is 31.1 Å². The molecule has 2 aromatic heterocycles. The summed E-state index contributed by atoms with van der Waals surface area (Å²) < 4.78 is 11.4. The van der Waals surface area contributed by atoms with Crippen LogP contribution in [0.1, 0.15) is 112 Å². The average Bonchev–Trinajstić information content (AvgIpc) is 3.14. The molecule has 0 spiro atoms. The summed E-state index contributed by atoms with van der Waals surface area (Å²) >= 11 is 0. The van der Waals surface area contributed by atoms with Crippen molar-refractivity contribution >= 4 is 17.3 Å². The normalized spacial score (nSPS) is 17.4. The predicted octanol–water partition coefficient (Wildman–Crippen LogP) is 10.3. The predicted molar refractivity (Wildman–Crippen MR) is 224 cm³/mol. The van der Waals surface area contributed by atoms with Crippen LogP contribution in [-0.4, -0.2) is 65.1 Å². The SMILES string of the molecule is C=C(/C=C(\C)C(=O)NC1CCN(c2ccc(CN3CC(C)NC(C)C3)cn2)CC1)c1cccnc1.C=C(F)/C=C\C.C=CCCC.CC.CCCC. The van der Waals surface area contributed by atoms with Crippen LogP contribution < -0.4 is 15.5 Å². The van der Waals surface area contributed by atoms with Gasteiger partial charge < -0.3 is 15.5 Å². The lowest BCUT2D eigenvalue weighted by Crippen LogP contribution is -2.53. The monoisotopic (exact) mass is 719 g/mol. The van der Waals surface area contributed by atoms with Gasteiger partial charge in [-0.05, 0) is 87.9 Å². The van der Waals surface area contributed by atoms with E-state index in [-0.39, 0.29) is 11.9 Å². The number of allylic oxidation sites excluding steroid dienone is 6. The average molecular weight is 719 g/mol. The first-order valence-electron chi connectivity index (χ1n) is 19.3. The summed E-state index contributed by atoms with van der Waals surface area (Å²) in [5.41, 5.74) is 3.62. The number of hydrogen-bond donors (Lipinski definition) is 2. The van der Waals surface area contributed by atoms with E-state index in [0.29, 0.717) is 17.7 Å². The Labute approximate surface area is 317 Å². The minimum atomic E-state index is -0.391. The number of halogens is 1. The van der Waals surface area contributed by atoms with Crippen molar-refractivity contribution in [1.29, 1.82) is 0 Å². The summed E-state index contributed by atoms with van der Waals surface area (Å²) in [5.74, 6) is 0.592. The Hall–Kier alpha value is -3.88. The molecule has 8 heteroatoms. The fraction of sp³-hybridized carbons (Fsp3) is 0.523. The lowest BCUT2D eigenvalue weighted by Gasteiger charge is -2.36. The smallest absolute Gasteiger partial charge is 0.247 e. The Morgan fingerprint density at radius 1 is 1.02 bits per heavy atom. The molecule has 7 nitrogen and oxygen atoms in total. The molecular formula is C44H71FN6O. The van der Waals surface area contributed by atoms with Gasteiger partial charge in [0, 0.05) is 75.0 Å². The fourth-order valence-electron chi connectivity index (χ4n) is 5.42. The lowest BCUT2D eigenvalue weighted by atomic mass is 10.0. The molecule has 290 valence electrons. The molecule has 0 bridgehead atoms. The number of amides is 1. The van der Waals surface area contributed by atoms with E-state index in [2.05, 4.69) is 91.9 Å². The number of unbranched alkanes of at least 4 members (excludes halogenated alkanes) is 2. The largest absolute Gasteiger partial charge is 0.356 e. The Bertz CT molecular complexity index is 1300. The molecule has 2 N–H and O–H groups in total. The summed E-state index contributed by atoms with van der Waals surface area (Å²) in [6.45, 7) is 34.0. The zero-order chi connectivity index (χ0) is 39.3. The molecule has 2 saturated heterocycles. The molecule has 0 aliphatic carbocycles. The summed E-state index contributed by atoms with van der Waals surface area (Å²) in [4.78, 5) is 26.4. The highest BCUT2D eigenvalue weighted by atomic mass is 19.1. The van der Waals surface area contributed by atoms with E-state index in [1.807, 2.05) is 51.3 Å². The molecule has 1 amide bonds. The third-order valence-electron chi connectivity index (χ3n) is 8.12. The molecule has 2 unspecified atom stereocenters. The highest BCUT2D eigenvalue weighted by Crippen LogP contribution is 2.20. The van der Waals surface area contributed by atoms with Gasteiger partial charge in [-0.15, -0.1) is 6.58 Å². The number of carbonyl (C=O) groups is 1. The number of nitrogens with zero attached hydrogens (tertiary/aromatic N) is 4. The van der Waals surface area contributed by atoms with Crippen molar-refractivity contribution in [2.45, 2.75) is 126 Å². The Morgan fingerprint density at radius 3 is 2.08 bits per heavy atom. The number of pyridine rings is 2. The molecule has 2 aliphatic heterocycles. The maximum Gasteiger partial charge on any atom is 0.247 e. The van der Waals surface area contributed by atoms with Gasteiger partial charge in [0.1, 0.15) is 11.6 Å². The maximum absolute atomic E-state index is 12.7. The van der Waals surface area contributed by atoms with Crippen LogP contribution >= 0.6 is 0 Å². The summed E-state index contributed by atoms with van der Waals surface area (Å²) in [6.07, 6.45) is 19.0. The lowest BCUT2D eigenvalue weighted by molar-refractivity contribution is -0.118. The molecule has 0 aromatic carbocycles. The molecule has 2 aromatic rings. The number of piperazine rings is 1. The Morgan fingerprint density at radius 2 is 1.65 bits per heavy atom. The molecule has 2 aliphatic rings. The Kier molecular flexibility index (Phi) is 27.5. The van der Waals surface area contributed by atoms with Crippen molar-refractivity contribution in [3.63, 3.8) is 0 Å². The standard InChI is InChI=1S/C28H38N6O.C5H7F.C5H10.C4H10.C2H6/c1-20(25-6-5-11-29-16-25)14-21(2)28(35)32-26-9-12-34(13-10-26)27-8-7-24(15-30-27)19-33-17-22(3)31-23(4)18-33;1-3-4-5(2)6;1-3-5-4-2;1-3-4-2;1-2/h5-8,11,14-16,22-23,26,31H,1,9-10,12-13,17-19H2,2-4H3,(H,32,35);3-4H,2H2,1H3;3H,1,4-5H2,2H3;3-4H2,1-2H3;1-2H3/b21-14+;4-3-;;;. The highest BCUT2D eigenvalue weighted by molar-refractivity contribution is 5.96. The second kappa shape index (κ2) is 29.7. The van der Waals surface area contributed by atoms with Crippen LogP contribution in [0.4, 0.5) is 10.2 Å². The minimum absolute atomic E-state index is 0.0347. The molecule has 4 rings (SSSR count). The second-order valence-electron chi connectivity index (χ2n) is 13.0. The minimum Gasteiger partial charge on any atom is -0.356 e. The van der Waals surface area contributed by atoms with Crippen molar-refractivity contribution in [3.8, 4) is 0 Å². The number of rotatable bonds is 11. The van der Waals surface area contributed by atoms with E-state index >= 15 is 0 Å². The molecule has 2 fully saturated rings. The van der Waals surface area contributed by atoms with E-state index in [1.54, 1.807) is 25.4 Å². The van der Waals surface area contributed by atoms with Crippen LogP contribution in [0.5, 0.6) is 0 Å². The van der Waals surface area contributed by atoms with Gasteiger partial charge in [0.2, 0.25) is 5.91 Å². The van der Waals surface area contributed by atoms with Gasteiger partial charge in [-0.1, -0.05) is 91.3 Å². The van der Waals surface area contributed by atoms with Crippen molar-refractivity contribution in [1.82, 2.24) is 25.5 Å². The van der Waals surface area contributed by atoms with Crippen molar-refractivity contribution in [2.24, 2.45) is 0 Å². The third-order valence-corrected chi connectivity index (χ3v) is 8.12. The zero-order valence-electron chi connectivity index (χ0n) is 34.1. The van der Waals surface area contributed by atoms with Crippen LogP contribution in [0.25, 0.3) is 5.57 Å². The van der Waals surface area contributed by atoms with Gasteiger partial charge in [0.05, 0.1) is 0 Å². The van der Waals surface area contributed by atoms with Crippen molar-refractivity contribution in [3.05, 3.63) is 109 Å². The summed E-state index contributed by atoms with van der Waals surface area (Å²) in [6, 6.07) is 9.37. The first kappa shape index (κ1) is 48.1. The summed E-state index contributed by atoms with van der Waals surface area (Å²) in [7, 11) is 0. The second-order valence-corrected chi connectivity index (χ2v) is 13.0. The first-order valence-corrected chi connectivity index (χ1v) is 19.3.